The van der Waals surface area contributed by atoms with Crippen LogP contribution in [0.3, 0.4) is 0 Å². The highest BCUT2D eigenvalue weighted by Gasteiger charge is 2.06. The zero-order valence-electron chi connectivity index (χ0n) is 10.9. The smallest absolute Gasteiger partial charge is 0.119 e. The van der Waals surface area contributed by atoms with Crippen molar-refractivity contribution < 1.29 is 9.84 Å². The quantitative estimate of drug-likeness (QED) is 0.765. The van der Waals surface area contributed by atoms with Crippen LogP contribution in [0.1, 0.15) is 38.3 Å². The Morgan fingerprint density at radius 1 is 1.29 bits per heavy atom. The van der Waals surface area contributed by atoms with Crippen molar-refractivity contribution in [2.75, 3.05) is 13.7 Å². The van der Waals surface area contributed by atoms with Crippen molar-refractivity contribution >= 4 is 0 Å². The van der Waals surface area contributed by atoms with Gasteiger partial charge in [-0.25, -0.2) is 0 Å². The molecule has 0 saturated heterocycles. The molecule has 1 aromatic rings. The monoisotopic (exact) mass is 237 g/mol. The van der Waals surface area contributed by atoms with E-state index >= 15 is 0 Å². The summed E-state index contributed by atoms with van der Waals surface area (Å²) in [6, 6.07) is 8.54. The van der Waals surface area contributed by atoms with Gasteiger partial charge >= 0.3 is 0 Å². The van der Waals surface area contributed by atoms with E-state index in [4.69, 9.17) is 9.84 Å². The minimum absolute atomic E-state index is 0.303. The highest BCUT2D eigenvalue weighted by molar-refractivity contribution is 5.29. The second-order valence-electron chi connectivity index (χ2n) is 4.30. The first kappa shape index (κ1) is 14.0. The number of benzene rings is 1. The van der Waals surface area contributed by atoms with Gasteiger partial charge < -0.3 is 15.2 Å². The molecule has 96 valence electrons. The second kappa shape index (κ2) is 7.30. The third-order valence-corrected chi connectivity index (χ3v) is 2.84. The molecule has 17 heavy (non-hydrogen) atoms. The van der Waals surface area contributed by atoms with Gasteiger partial charge in [-0.1, -0.05) is 19.1 Å². The van der Waals surface area contributed by atoms with E-state index in [0.29, 0.717) is 19.1 Å². The molecular weight excluding hydrogens is 214 g/mol. The average molecular weight is 237 g/mol. The topological polar surface area (TPSA) is 41.5 Å². The fourth-order valence-electron chi connectivity index (χ4n) is 1.75. The van der Waals surface area contributed by atoms with Crippen molar-refractivity contribution in [3.8, 4) is 5.75 Å². The Hall–Kier alpha value is -1.06. The summed E-state index contributed by atoms with van der Waals surface area (Å²) >= 11 is 0. The van der Waals surface area contributed by atoms with Crippen LogP contribution in [0.4, 0.5) is 0 Å². The summed E-state index contributed by atoms with van der Waals surface area (Å²) in [6.45, 7) is 4.49. The van der Waals surface area contributed by atoms with Gasteiger partial charge in [0.15, 0.2) is 0 Å². The zero-order valence-corrected chi connectivity index (χ0v) is 10.9. The van der Waals surface area contributed by atoms with Crippen molar-refractivity contribution in [1.82, 2.24) is 5.32 Å². The lowest BCUT2D eigenvalue weighted by Gasteiger charge is -2.15. The van der Waals surface area contributed by atoms with Crippen LogP contribution in [-0.4, -0.2) is 24.9 Å². The van der Waals surface area contributed by atoms with Crippen LogP contribution >= 0.6 is 0 Å². The normalized spacial score (nSPS) is 14.4. The molecule has 0 aromatic heterocycles. The molecule has 0 bridgehead atoms. The Labute approximate surface area is 104 Å². The average Bonchev–Trinajstić information content (AvgIpc) is 2.32. The van der Waals surface area contributed by atoms with Crippen LogP contribution in [0, 0.1) is 0 Å². The first-order valence-electron chi connectivity index (χ1n) is 6.25. The summed E-state index contributed by atoms with van der Waals surface area (Å²) in [6.07, 6.45) is 1.43. The molecule has 1 rings (SSSR count). The summed E-state index contributed by atoms with van der Waals surface area (Å²) in [5, 5.41) is 12.4. The van der Waals surface area contributed by atoms with Crippen molar-refractivity contribution in [2.45, 2.75) is 38.8 Å². The molecule has 2 N–H and O–H groups in total. The van der Waals surface area contributed by atoms with Gasteiger partial charge in [-0.2, -0.15) is 0 Å². The van der Waals surface area contributed by atoms with Crippen molar-refractivity contribution in [2.24, 2.45) is 0 Å². The predicted octanol–water partition coefficient (Wildman–Crippen LogP) is 2.51. The number of aliphatic hydroxyl groups is 1. The maximum atomic E-state index is 9.12. The van der Waals surface area contributed by atoms with Crippen LogP contribution < -0.4 is 10.1 Å². The molecule has 1 aromatic carbocycles. The predicted molar refractivity (Wildman–Crippen MR) is 70.3 cm³/mol. The Morgan fingerprint density at radius 2 is 1.94 bits per heavy atom. The molecule has 0 fully saturated rings. The lowest BCUT2D eigenvalue weighted by atomic mass is 10.0. The van der Waals surface area contributed by atoms with Crippen molar-refractivity contribution in [3.05, 3.63) is 29.8 Å². The third-order valence-electron chi connectivity index (χ3n) is 2.84. The Morgan fingerprint density at radius 3 is 2.41 bits per heavy atom. The van der Waals surface area contributed by atoms with E-state index in [9.17, 15) is 0 Å². The van der Waals surface area contributed by atoms with Crippen LogP contribution in [-0.2, 0) is 0 Å². The molecule has 0 aliphatic rings. The number of aliphatic hydroxyl groups excluding tert-OH is 1. The van der Waals surface area contributed by atoms with Crippen LogP contribution in [0.5, 0.6) is 5.75 Å². The fraction of sp³-hybridized carbons (Fsp3) is 0.571. The van der Waals surface area contributed by atoms with E-state index in [-0.39, 0.29) is 6.10 Å². The lowest BCUT2D eigenvalue weighted by Crippen LogP contribution is -2.15. The molecule has 2 unspecified atom stereocenters. The molecule has 0 amide bonds. The molecule has 0 heterocycles. The summed E-state index contributed by atoms with van der Waals surface area (Å²) in [5.41, 5.74) is 1.28. The molecular formula is C14H23NO2. The first-order chi connectivity index (χ1) is 8.17. The maximum absolute atomic E-state index is 9.12. The van der Waals surface area contributed by atoms with Gasteiger partial charge in [0.25, 0.3) is 0 Å². The zero-order chi connectivity index (χ0) is 12.7. The highest BCUT2D eigenvalue weighted by atomic mass is 16.5. The Bertz CT molecular complexity index is 305. The standard InChI is InChI=1S/C14H23NO2/c1-4-14(15-3)12-5-7-13(8-6-12)17-10-9-11(2)16/h5-8,11,14-16H,4,9-10H2,1-3H3. The van der Waals surface area contributed by atoms with E-state index in [0.717, 1.165) is 12.2 Å². The minimum atomic E-state index is -0.303. The van der Waals surface area contributed by atoms with Crippen LogP contribution in [0.25, 0.3) is 0 Å². The van der Waals surface area contributed by atoms with Gasteiger partial charge in [-0.15, -0.1) is 0 Å². The minimum Gasteiger partial charge on any atom is -0.493 e. The summed E-state index contributed by atoms with van der Waals surface area (Å²) in [4.78, 5) is 0. The number of ether oxygens (including phenoxy) is 1. The number of hydrogen-bond donors (Lipinski definition) is 2. The van der Waals surface area contributed by atoms with Crippen molar-refractivity contribution in [3.63, 3.8) is 0 Å². The van der Waals surface area contributed by atoms with E-state index < -0.39 is 0 Å². The summed E-state index contributed by atoms with van der Waals surface area (Å²) in [5.74, 6) is 0.861. The molecule has 2 atom stereocenters. The highest BCUT2D eigenvalue weighted by Crippen LogP contribution is 2.19. The van der Waals surface area contributed by atoms with E-state index in [1.165, 1.54) is 5.56 Å². The molecule has 0 aliphatic carbocycles. The van der Waals surface area contributed by atoms with E-state index in [1.807, 2.05) is 19.2 Å². The van der Waals surface area contributed by atoms with Crippen LogP contribution in [0.2, 0.25) is 0 Å². The Kier molecular flexibility index (Phi) is 6.01. The summed E-state index contributed by atoms with van der Waals surface area (Å²) < 4.78 is 5.54. The first-order valence-corrected chi connectivity index (χ1v) is 6.25. The molecule has 0 spiro atoms. The van der Waals surface area contributed by atoms with Gasteiger partial charge in [-0.3, -0.25) is 0 Å². The number of rotatable bonds is 7. The molecule has 0 saturated carbocycles. The largest absolute Gasteiger partial charge is 0.493 e. The molecule has 3 heteroatoms. The van der Waals surface area contributed by atoms with Gasteiger partial charge in [0, 0.05) is 12.5 Å². The molecule has 0 radical (unpaired) electrons. The van der Waals surface area contributed by atoms with Crippen molar-refractivity contribution in [1.29, 1.82) is 0 Å². The van der Waals surface area contributed by atoms with Gasteiger partial charge in [0.05, 0.1) is 12.7 Å². The fourth-order valence-corrected chi connectivity index (χ4v) is 1.75. The second-order valence-corrected chi connectivity index (χ2v) is 4.30. The van der Waals surface area contributed by atoms with Gasteiger partial charge in [-0.05, 0) is 38.1 Å². The molecule has 3 nitrogen and oxygen atoms in total. The third kappa shape index (κ3) is 4.75. The van der Waals surface area contributed by atoms with Gasteiger partial charge in [0.1, 0.15) is 5.75 Å². The Balaban J connectivity index is 2.49. The number of hydrogen-bond acceptors (Lipinski definition) is 3. The number of nitrogens with one attached hydrogen (secondary N) is 1. The molecule has 0 aliphatic heterocycles. The SMILES string of the molecule is CCC(NC)c1ccc(OCCC(C)O)cc1. The van der Waals surface area contributed by atoms with E-state index in [1.54, 1.807) is 6.92 Å². The summed E-state index contributed by atoms with van der Waals surface area (Å²) in [7, 11) is 1.97. The maximum Gasteiger partial charge on any atom is 0.119 e. The lowest BCUT2D eigenvalue weighted by molar-refractivity contribution is 0.155. The van der Waals surface area contributed by atoms with Crippen LogP contribution in [0.15, 0.2) is 24.3 Å². The van der Waals surface area contributed by atoms with E-state index in [2.05, 4.69) is 24.4 Å². The van der Waals surface area contributed by atoms with Gasteiger partial charge in [0.2, 0.25) is 0 Å².